The molecule has 1 saturated carbocycles. The fraction of sp³-hybridized carbons (Fsp3) is 0.455. The summed E-state index contributed by atoms with van der Waals surface area (Å²) in [5, 5.41) is 10.7. The van der Waals surface area contributed by atoms with Gasteiger partial charge in [0.1, 0.15) is 6.10 Å². The number of benzene rings is 1. The third-order valence-electron chi connectivity index (χ3n) is 6.21. The highest BCUT2D eigenvalue weighted by Crippen LogP contribution is 2.42. The van der Waals surface area contributed by atoms with E-state index in [1.807, 2.05) is 18.3 Å². The van der Waals surface area contributed by atoms with Gasteiger partial charge in [-0.1, -0.05) is 31.4 Å². The Morgan fingerprint density at radius 3 is 2.89 bits per heavy atom. The van der Waals surface area contributed by atoms with E-state index in [2.05, 4.69) is 10.6 Å². The van der Waals surface area contributed by atoms with E-state index < -0.39 is 5.97 Å². The van der Waals surface area contributed by atoms with Crippen molar-refractivity contribution in [2.24, 2.45) is 4.99 Å². The Morgan fingerprint density at radius 1 is 1.22 bits per heavy atom. The van der Waals surface area contributed by atoms with Crippen molar-refractivity contribution in [2.75, 3.05) is 6.61 Å². The molecule has 5 heteroatoms. The number of ether oxygens (including phenoxy) is 1. The Labute approximate surface area is 158 Å². The molecule has 1 aliphatic carbocycles. The molecule has 1 aromatic heterocycles. The van der Waals surface area contributed by atoms with Crippen molar-refractivity contribution in [2.45, 2.75) is 57.1 Å². The number of nitrogens with zero attached hydrogens (tertiary/aromatic N) is 2. The molecule has 5 rings (SSSR count). The van der Waals surface area contributed by atoms with Gasteiger partial charge < -0.3 is 14.4 Å². The number of rotatable bonds is 2. The zero-order valence-electron chi connectivity index (χ0n) is 15.4. The molecule has 1 fully saturated rings. The van der Waals surface area contributed by atoms with Gasteiger partial charge in [0.15, 0.2) is 0 Å². The predicted molar refractivity (Wildman–Crippen MR) is 105 cm³/mol. The lowest BCUT2D eigenvalue weighted by Gasteiger charge is -2.25. The normalized spacial score (nSPS) is 22.8. The van der Waals surface area contributed by atoms with Gasteiger partial charge in [-0.15, -0.1) is 0 Å². The van der Waals surface area contributed by atoms with E-state index in [0.717, 1.165) is 24.2 Å². The van der Waals surface area contributed by atoms with E-state index in [0.29, 0.717) is 18.1 Å². The summed E-state index contributed by atoms with van der Waals surface area (Å²) in [7, 11) is 0. The molecule has 1 unspecified atom stereocenters. The molecule has 1 atom stereocenters. The third kappa shape index (κ3) is 2.72. The summed E-state index contributed by atoms with van der Waals surface area (Å²) in [6.07, 6.45) is 11.0. The molecule has 0 amide bonds. The minimum absolute atomic E-state index is 0.00171. The molecule has 5 nitrogen and oxygen atoms in total. The van der Waals surface area contributed by atoms with Gasteiger partial charge in [0.2, 0.25) is 0 Å². The van der Waals surface area contributed by atoms with E-state index in [1.165, 1.54) is 48.7 Å². The highest BCUT2D eigenvalue weighted by molar-refractivity contribution is 6.10. The number of fused-ring (bicyclic) bond motifs is 5. The van der Waals surface area contributed by atoms with Gasteiger partial charge in [0, 0.05) is 23.6 Å². The smallest absolute Gasteiger partial charge is 0.335 e. The highest BCUT2D eigenvalue weighted by atomic mass is 16.5. The second-order valence-corrected chi connectivity index (χ2v) is 7.78. The highest BCUT2D eigenvalue weighted by Gasteiger charge is 2.33. The van der Waals surface area contributed by atoms with Crippen molar-refractivity contribution in [1.82, 2.24) is 4.57 Å². The van der Waals surface area contributed by atoms with Crippen LogP contribution in [0, 0.1) is 0 Å². The molecule has 3 heterocycles. The summed E-state index contributed by atoms with van der Waals surface area (Å²) in [5.74, 6) is -0.368. The van der Waals surface area contributed by atoms with Gasteiger partial charge in [-0.3, -0.25) is 4.99 Å². The molecule has 140 valence electrons. The summed E-state index contributed by atoms with van der Waals surface area (Å²) in [4.78, 5) is 16.3. The van der Waals surface area contributed by atoms with Crippen LogP contribution in [0.5, 0.6) is 0 Å². The van der Waals surface area contributed by atoms with Crippen LogP contribution in [0.1, 0.15) is 66.1 Å². The minimum Gasteiger partial charge on any atom is -0.478 e. The Bertz CT molecular complexity index is 964. The van der Waals surface area contributed by atoms with Gasteiger partial charge in [0.25, 0.3) is 0 Å². The van der Waals surface area contributed by atoms with Crippen LogP contribution in [0.15, 0.2) is 35.5 Å². The van der Waals surface area contributed by atoms with Crippen molar-refractivity contribution in [3.05, 3.63) is 47.3 Å². The average Bonchev–Trinajstić information content (AvgIpc) is 2.90. The van der Waals surface area contributed by atoms with Crippen LogP contribution < -0.4 is 0 Å². The third-order valence-corrected chi connectivity index (χ3v) is 6.21. The number of carboxylic acid groups (broad SMARTS) is 1. The average molecular weight is 364 g/mol. The lowest BCUT2D eigenvalue weighted by Crippen LogP contribution is -2.27. The maximum atomic E-state index is 11.6. The van der Waals surface area contributed by atoms with Gasteiger partial charge in [0.05, 0.1) is 23.6 Å². The first-order valence-electron chi connectivity index (χ1n) is 9.98. The van der Waals surface area contributed by atoms with Crippen LogP contribution >= 0.6 is 0 Å². The van der Waals surface area contributed by atoms with Crippen LogP contribution in [-0.4, -0.2) is 34.1 Å². The molecular formula is C22H24N2O3. The van der Waals surface area contributed by atoms with E-state index in [-0.39, 0.29) is 6.10 Å². The molecule has 0 bridgehead atoms. The van der Waals surface area contributed by atoms with Crippen LogP contribution in [0.4, 0.5) is 0 Å². The van der Waals surface area contributed by atoms with Crippen molar-refractivity contribution < 1.29 is 14.6 Å². The zero-order chi connectivity index (χ0) is 18.4. The maximum absolute atomic E-state index is 11.6. The molecule has 1 N–H and O–H groups in total. The molecule has 0 saturated heterocycles. The first kappa shape index (κ1) is 16.8. The molecule has 2 aromatic rings. The number of aromatic carboxylic acids is 1. The van der Waals surface area contributed by atoms with Crippen LogP contribution in [0.3, 0.4) is 0 Å². The summed E-state index contributed by atoms with van der Waals surface area (Å²) in [6.45, 7) is 1.35. The first-order valence-corrected chi connectivity index (χ1v) is 9.98. The monoisotopic (exact) mass is 364 g/mol. The number of carboxylic acids is 1. The summed E-state index contributed by atoms with van der Waals surface area (Å²) < 4.78 is 8.37. The topological polar surface area (TPSA) is 63.8 Å². The van der Waals surface area contributed by atoms with Crippen molar-refractivity contribution in [1.29, 1.82) is 0 Å². The Balaban J connectivity index is 1.80. The summed E-state index contributed by atoms with van der Waals surface area (Å²) >= 11 is 0. The Hall–Kier alpha value is -2.40. The standard InChI is InChI=1S/C22H24N2O3/c25-22(26)15-8-9-16-17(13-15)24-11-12-27-18-7-4-10-23-20(18)21(24)19(16)14-5-2-1-3-6-14/h4,8-10,13-14,18H,1-3,5-7,11-12H2,(H,25,26). The van der Waals surface area contributed by atoms with Crippen LogP contribution in [0.2, 0.25) is 0 Å². The number of carbonyl (C=O) groups is 1. The molecule has 2 aliphatic heterocycles. The fourth-order valence-corrected chi connectivity index (χ4v) is 4.98. The second-order valence-electron chi connectivity index (χ2n) is 7.78. The van der Waals surface area contributed by atoms with E-state index in [9.17, 15) is 9.90 Å². The van der Waals surface area contributed by atoms with E-state index in [1.54, 1.807) is 6.07 Å². The van der Waals surface area contributed by atoms with Gasteiger partial charge >= 0.3 is 5.97 Å². The lowest BCUT2D eigenvalue weighted by atomic mass is 9.81. The second kappa shape index (κ2) is 6.64. The van der Waals surface area contributed by atoms with Crippen molar-refractivity contribution in [3.63, 3.8) is 0 Å². The molecule has 1 aromatic carbocycles. The summed E-state index contributed by atoms with van der Waals surface area (Å²) in [5.41, 5.74) is 4.92. The maximum Gasteiger partial charge on any atom is 0.335 e. The van der Waals surface area contributed by atoms with Crippen molar-refractivity contribution in [3.8, 4) is 0 Å². The zero-order valence-corrected chi connectivity index (χ0v) is 15.4. The Morgan fingerprint density at radius 2 is 2.07 bits per heavy atom. The van der Waals surface area contributed by atoms with Crippen molar-refractivity contribution >= 4 is 22.6 Å². The van der Waals surface area contributed by atoms with Gasteiger partial charge in [-0.2, -0.15) is 0 Å². The lowest BCUT2D eigenvalue weighted by molar-refractivity contribution is 0.0697. The largest absolute Gasteiger partial charge is 0.478 e. The predicted octanol–water partition coefficient (Wildman–Crippen LogP) is 4.49. The van der Waals surface area contributed by atoms with Gasteiger partial charge in [-0.25, -0.2) is 4.79 Å². The number of aromatic nitrogens is 1. The van der Waals surface area contributed by atoms with Crippen LogP contribution in [-0.2, 0) is 11.3 Å². The van der Waals surface area contributed by atoms with Crippen LogP contribution in [0.25, 0.3) is 10.9 Å². The SMILES string of the molecule is O=C(O)c1ccc2c(C3CCCCC3)c3n(c2c1)CCOC1CC=CN=C31. The summed E-state index contributed by atoms with van der Waals surface area (Å²) in [6, 6.07) is 5.58. The molecule has 0 spiro atoms. The quantitative estimate of drug-likeness (QED) is 0.854. The first-order chi connectivity index (χ1) is 13.2. The fourth-order valence-electron chi connectivity index (χ4n) is 4.98. The number of aliphatic imine (C=N–C) groups is 1. The molecular weight excluding hydrogens is 340 g/mol. The molecule has 3 aliphatic rings. The molecule has 27 heavy (non-hydrogen) atoms. The van der Waals surface area contributed by atoms with E-state index >= 15 is 0 Å². The van der Waals surface area contributed by atoms with Gasteiger partial charge in [-0.05, 0) is 42.9 Å². The molecule has 0 radical (unpaired) electrons. The minimum atomic E-state index is -0.882. The van der Waals surface area contributed by atoms with E-state index in [4.69, 9.17) is 9.73 Å². The number of hydrogen-bond acceptors (Lipinski definition) is 3. The Kier molecular flexibility index (Phi) is 4.12. The number of hydrogen-bond donors (Lipinski definition) is 1.